The Bertz CT molecular complexity index is 1240. The fraction of sp³-hybridized carbons (Fsp3) is 0.208. The molecule has 0 aliphatic carbocycles. The maximum absolute atomic E-state index is 12.9. The molecule has 7 nitrogen and oxygen atoms in total. The average Bonchev–Trinajstić information content (AvgIpc) is 3.24. The molecule has 170 valence electrons. The van der Waals surface area contributed by atoms with Crippen molar-refractivity contribution in [3.05, 3.63) is 76.0 Å². The molecule has 1 atom stereocenters. The number of carbonyl (C=O) groups excluding carboxylic acids is 1. The lowest BCUT2D eigenvalue weighted by Gasteiger charge is -2.29. The largest absolute Gasteiger partial charge is 0.496 e. The van der Waals surface area contributed by atoms with Gasteiger partial charge in [-0.1, -0.05) is 18.2 Å². The summed E-state index contributed by atoms with van der Waals surface area (Å²) < 4.78 is 13.3. The van der Waals surface area contributed by atoms with Crippen LogP contribution in [0.15, 0.2) is 70.5 Å². The lowest BCUT2D eigenvalue weighted by atomic mass is 9.94. The summed E-state index contributed by atoms with van der Waals surface area (Å²) in [6.07, 6.45) is 1.92. The molecule has 0 spiro atoms. The van der Waals surface area contributed by atoms with Crippen molar-refractivity contribution in [1.29, 1.82) is 0 Å². The molecule has 0 unspecified atom stereocenters. The highest BCUT2D eigenvalue weighted by molar-refractivity contribution is 9.10. The van der Waals surface area contributed by atoms with Crippen LogP contribution in [-0.4, -0.2) is 34.6 Å². The lowest BCUT2D eigenvalue weighted by molar-refractivity contribution is -0.139. The normalized spacial score (nSPS) is 15.6. The number of nitrogens with zero attached hydrogens (tertiary/aromatic N) is 2. The zero-order valence-corrected chi connectivity index (χ0v) is 20.8. The highest BCUT2D eigenvalue weighted by atomic mass is 79.9. The third-order valence-electron chi connectivity index (χ3n) is 5.26. The fourth-order valence-electron chi connectivity index (χ4n) is 3.76. The topological polar surface area (TPSA) is 77.4 Å². The second-order valence-electron chi connectivity index (χ2n) is 7.35. The van der Waals surface area contributed by atoms with Gasteiger partial charge in [0.25, 0.3) is 0 Å². The van der Waals surface area contributed by atoms with Gasteiger partial charge in [-0.2, -0.15) is 5.10 Å². The van der Waals surface area contributed by atoms with E-state index in [1.165, 1.54) is 0 Å². The van der Waals surface area contributed by atoms with Gasteiger partial charge in [0, 0.05) is 23.0 Å². The van der Waals surface area contributed by atoms with E-state index < -0.39 is 12.0 Å². The molecule has 4 rings (SSSR count). The molecule has 1 aliphatic heterocycles. The summed E-state index contributed by atoms with van der Waals surface area (Å²) in [5, 5.41) is 11.6. The van der Waals surface area contributed by atoms with Crippen molar-refractivity contribution in [2.75, 3.05) is 13.7 Å². The van der Waals surface area contributed by atoms with Crippen LogP contribution in [0.5, 0.6) is 5.75 Å². The quantitative estimate of drug-likeness (QED) is 0.357. The van der Waals surface area contributed by atoms with Crippen LogP contribution < -0.4 is 15.4 Å². The van der Waals surface area contributed by atoms with E-state index in [9.17, 15) is 4.79 Å². The maximum atomic E-state index is 12.9. The van der Waals surface area contributed by atoms with Crippen LogP contribution in [0, 0.1) is 0 Å². The first-order valence-electron chi connectivity index (χ1n) is 10.4. The number of esters is 1. The van der Waals surface area contributed by atoms with Gasteiger partial charge < -0.3 is 20.1 Å². The molecule has 3 aromatic rings. The Balaban J connectivity index is 1.91. The first kappa shape index (κ1) is 23.0. The third kappa shape index (κ3) is 4.65. The molecule has 2 aromatic carbocycles. The van der Waals surface area contributed by atoms with Gasteiger partial charge in [0.05, 0.1) is 41.2 Å². The van der Waals surface area contributed by atoms with Crippen LogP contribution in [0.2, 0.25) is 0 Å². The van der Waals surface area contributed by atoms with Crippen LogP contribution >= 0.6 is 28.1 Å². The summed E-state index contributed by atoms with van der Waals surface area (Å²) in [4.78, 5) is 12.9. The third-order valence-corrected chi connectivity index (χ3v) is 6.10. The van der Waals surface area contributed by atoms with Crippen molar-refractivity contribution < 1.29 is 14.3 Å². The summed E-state index contributed by atoms with van der Waals surface area (Å²) in [5.74, 6) is 0.309. The molecule has 33 heavy (non-hydrogen) atoms. The van der Waals surface area contributed by atoms with Crippen LogP contribution in [0.1, 0.15) is 25.5 Å². The minimum Gasteiger partial charge on any atom is -0.496 e. The predicted octanol–water partition coefficient (Wildman–Crippen LogP) is 4.67. The number of carbonyl (C=O) groups is 1. The van der Waals surface area contributed by atoms with E-state index in [-0.39, 0.29) is 6.61 Å². The minimum absolute atomic E-state index is 0.272. The smallest absolute Gasteiger partial charge is 0.338 e. The van der Waals surface area contributed by atoms with E-state index in [0.29, 0.717) is 27.8 Å². The Morgan fingerprint density at radius 3 is 2.67 bits per heavy atom. The van der Waals surface area contributed by atoms with Gasteiger partial charge in [-0.05, 0) is 72.3 Å². The van der Waals surface area contributed by atoms with Crippen LogP contribution in [-0.2, 0) is 9.53 Å². The van der Waals surface area contributed by atoms with Gasteiger partial charge in [-0.25, -0.2) is 9.48 Å². The molecule has 2 heterocycles. The highest BCUT2D eigenvalue weighted by Gasteiger charge is 2.34. The number of thiocarbonyl (C=S) groups is 1. The van der Waals surface area contributed by atoms with Gasteiger partial charge >= 0.3 is 5.97 Å². The summed E-state index contributed by atoms with van der Waals surface area (Å²) in [6.45, 7) is 3.87. The summed E-state index contributed by atoms with van der Waals surface area (Å²) >= 11 is 8.98. The molecule has 0 amide bonds. The molecule has 2 N–H and O–H groups in total. The second kappa shape index (κ2) is 9.76. The van der Waals surface area contributed by atoms with E-state index in [0.717, 1.165) is 21.3 Å². The number of allylic oxidation sites excluding steroid dienone is 1. The summed E-state index contributed by atoms with van der Waals surface area (Å²) in [5.41, 5.74) is 4.37. The first-order valence-corrected chi connectivity index (χ1v) is 11.6. The van der Waals surface area contributed by atoms with Crippen molar-refractivity contribution in [2.24, 2.45) is 0 Å². The van der Waals surface area contributed by atoms with E-state index in [2.05, 4.69) is 26.6 Å². The number of rotatable bonds is 6. The van der Waals surface area contributed by atoms with Gasteiger partial charge in [-0.3, -0.25) is 0 Å². The minimum atomic E-state index is -0.536. The Labute approximate surface area is 205 Å². The van der Waals surface area contributed by atoms with Crippen molar-refractivity contribution in [2.45, 2.75) is 19.9 Å². The zero-order chi connectivity index (χ0) is 23.5. The molecule has 0 saturated heterocycles. The zero-order valence-electron chi connectivity index (χ0n) is 18.4. The van der Waals surface area contributed by atoms with Crippen molar-refractivity contribution in [3.63, 3.8) is 0 Å². The summed E-state index contributed by atoms with van der Waals surface area (Å²) in [7, 11) is 1.62. The summed E-state index contributed by atoms with van der Waals surface area (Å²) in [6, 6.07) is 15.0. The number of para-hydroxylation sites is 1. The van der Waals surface area contributed by atoms with Gasteiger partial charge in [0.1, 0.15) is 5.75 Å². The molecule has 0 radical (unpaired) electrons. The standard InChI is InChI=1S/C24H23BrN4O3S/c1-4-32-23(30)20-14(2)26-24(33)27-22(20)17-13-29(16-8-6-5-7-9-16)28-21(17)15-10-11-19(31-3)18(25)12-15/h5-13,22H,4H2,1-3H3,(H2,26,27,33)/t22-/m0/s1. The Morgan fingerprint density at radius 1 is 1.24 bits per heavy atom. The van der Waals surface area contributed by atoms with E-state index >= 15 is 0 Å². The van der Waals surface area contributed by atoms with Gasteiger partial charge in [0.2, 0.25) is 0 Å². The van der Waals surface area contributed by atoms with Crippen molar-refractivity contribution in [1.82, 2.24) is 20.4 Å². The number of ether oxygens (including phenoxy) is 2. The maximum Gasteiger partial charge on any atom is 0.338 e. The number of methoxy groups -OCH3 is 1. The average molecular weight is 527 g/mol. The van der Waals surface area contributed by atoms with Crippen molar-refractivity contribution in [3.8, 4) is 22.7 Å². The molecule has 0 fully saturated rings. The second-order valence-corrected chi connectivity index (χ2v) is 8.62. The van der Waals surface area contributed by atoms with Crippen LogP contribution in [0.4, 0.5) is 0 Å². The van der Waals surface area contributed by atoms with E-state index in [1.807, 2.05) is 61.7 Å². The number of hydrogen-bond acceptors (Lipinski definition) is 5. The molecule has 0 bridgehead atoms. The van der Waals surface area contributed by atoms with Gasteiger partial charge in [0.15, 0.2) is 5.11 Å². The fourth-order valence-corrected chi connectivity index (χ4v) is 4.57. The van der Waals surface area contributed by atoms with E-state index in [4.69, 9.17) is 26.8 Å². The molecular formula is C24H23BrN4O3S. The number of benzene rings is 2. The first-order chi connectivity index (χ1) is 15.9. The molecule has 9 heteroatoms. The monoisotopic (exact) mass is 526 g/mol. The Hall–Kier alpha value is -3.17. The SMILES string of the molecule is CCOC(=O)C1=C(C)NC(=S)N[C@H]1c1cn(-c2ccccc2)nc1-c1ccc(OC)c(Br)c1. The molecule has 1 aliphatic rings. The highest BCUT2D eigenvalue weighted by Crippen LogP contribution is 2.37. The van der Waals surface area contributed by atoms with E-state index in [1.54, 1.807) is 18.7 Å². The number of aromatic nitrogens is 2. The van der Waals surface area contributed by atoms with Crippen molar-refractivity contribution >= 4 is 39.2 Å². The molecular weight excluding hydrogens is 504 g/mol. The Kier molecular flexibility index (Phi) is 6.80. The molecule has 0 saturated carbocycles. The van der Waals surface area contributed by atoms with Gasteiger partial charge in [-0.15, -0.1) is 0 Å². The number of nitrogens with one attached hydrogen (secondary N) is 2. The van der Waals surface area contributed by atoms with Crippen LogP contribution in [0.3, 0.4) is 0 Å². The Morgan fingerprint density at radius 2 is 2.00 bits per heavy atom. The predicted molar refractivity (Wildman–Crippen MR) is 134 cm³/mol. The molecule has 1 aromatic heterocycles. The lowest BCUT2D eigenvalue weighted by Crippen LogP contribution is -2.45. The number of hydrogen-bond donors (Lipinski definition) is 2. The van der Waals surface area contributed by atoms with Crippen LogP contribution in [0.25, 0.3) is 16.9 Å². The number of halogens is 1.